The summed E-state index contributed by atoms with van der Waals surface area (Å²) in [6.45, 7) is 6.71. The molecule has 2 aromatic carbocycles. The van der Waals surface area contributed by atoms with Crippen molar-refractivity contribution in [2.24, 2.45) is 5.10 Å². The van der Waals surface area contributed by atoms with Crippen LogP contribution in [0.2, 0.25) is 0 Å². The smallest absolute Gasteiger partial charge is 0.411 e. The number of hydrogen-bond donors (Lipinski definition) is 1. The molecular weight excluding hydrogens is 479 g/mol. The van der Waals surface area contributed by atoms with Gasteiger partial charge < -0.3 is 19.1 Å². The average molecular weight is 515 g/mol. The standard InChI is InChI=1S/C27H35FN4O5/c1-4-31(5-2)15-6-16-36-27(34)29-22-10-7-20(8-11-22)18-32-26(33)14-12-23(30-32)21-9-13-24(35-3)25(17-21)37-19-28/h7-11,13,17H,4-6,12,14-16,18-19H2,1-3H3,(H,29,34). The lowest BCUT2D eigenvalue weighted by atomic mass is 10.0. The van der Waals surface area contributed by atoms with Gasteiger partial charge in [0.2, 0.25) is 12.8 Å². The third-order valence-electron chi connectivity index (χ3n) is 6.09. The second-order valence-corrected chi connectivity index (χ2v) is 8.46. The second kappa shape index (κ2) is 14.2. The number of nitrogens with one attached hydrogen (secondary N) is 1. The van der Waals surface area contributed by atoms with Crippen LogP contribution in [0, 0.1) is 0 Å². The van der Waals surface area contributed by atoms with Gasteiger partial charge >= 0.3 is 6.09 Å². The first-order valence-electron chi connectivity index (χ1n) is 12.5. The Bertz CT molecular complexity index is 1070. The van der Waals surface area contributed by atoms with Gasteiger partial charge in [-0.05, 0) is 55.4 Å². The van der Waals surface area contributed by atoms with Crippen molar-refractivity contribution in [1.29, 1.82) is 0 Å². The Hall–Kier alpha value is -3.66. The molecule has 2 amide bonds. The number of alkyl halides is 1. The van der Waals surface area contributed by atoms with Gasteiger partial charge in [-0.3, -0.25) is 10.1 Å². The van der Waals surface area contributed by atoms with E-state index in [9.17, 15) is 14.0 Å². The largest absolute Gasteiger partial charge is 0.493 e. The Balaban J connectivity index is 1.57. The summed E-state index contributed by atoms with van der Waals surface area (Å²) in [6, 6.07) is 12.3. The number of rotatable bonds is 13. The fraction of sp³-hybridized carbons (Fsp3) is 0.444. The maximum absolute atomic E-state index is 12.8. The molecule has 0 fully saturated rings. The van der Waals surface area contributed by atoms with E-state index < -0.39 is 13.0 Å². The molecule has 37 heavy (non-hydrogen) atoms. The second-order valence-electron chi connectivity index (χ2n) is 8.46. The van der Waals surface area contributed by atoms with Gasteiger partial charge in [-0.1, -0.05) is 26.0 Å². The highest BCUT2D eigenvalue weighted by atomic mass is 19.1. The minimum absolute atomic E-state index is 0.0898. The number of nitrogens with zero attached hydrogens (tertiary/aromatic N) is 3. The van der Waals surface area contributed by atoms with Crippen molar-refractivity contribution in [3.63, 3.8) is 0 Å². The van der Waals surface area contributed by atoms with Gasteiger partial charge in [0.15, 0.2) is 11.5 Å². The number of benzene rings is 2. The van der Waals surface area contributed by atoms with Crippen LogP contribution in [-0.4, -0.2) is 67.8 Å². The number of amides is 2. The monoisotopic (exact) mass is 514 g/mol. The van der Waals surface area contributed by atoms with E-state index in [1.165, 1.54) is 12.1 Å². The fourth-order valence-electron chi connectivity index (χ4n) is 3.97. The number of halogens is 1. The first kappa shape index (κ1) is 27.9. The number of hydrazone groups is 1. The lowest BCUT2D eigenvalue weighted by Crippen LogP contribution is -2.31. The van der Waals surface area contributed by atoms with Crippen molar-refractivity contribution in [2.45, 2.75) is 39.7 Å². The number of anilines is 1. The molecule has 1 aliphatic heterocycles. The van der Waals surface area contributed by atoms with E-state index in [4.69, 9.17) is 14.2 Å². The zero-order chi connectivity index (χ0) is 26.6. The molecule has 1 N–H and O–H groups in total. The summed E-state index contributed by atoms with van der Waals surface area (Å²) in [6.07, 6.45) is 1.06. The van der Waals surface area contributed by atoms with E-state index in [1.807, 2.05) is 12.1 Å². The molecule has 0 aromatic heterocycles. The molecule has 1 heterocycles. The third-order valence-corrected chi connectivity index (χ3v) is 6.09. The van der Waals surface area contributed by atoms with Crippen molar-refractivity contribution in [1.82, 2.24) is 9.91 Å². The Morgan fingerprint density at radius 1 is 1.11 bits per heavy atom. The molecule has 2 aromatic rings. The summed E-state index contributed by atoms with van der Waals surface area (Å²) in [5.74, 6) is 0.607. The Labute approximate surface area is 217 Å². The van der Waals surface area contributed by atoms with Crippen LogP contribution in [0.25, 0.3) is 0 Å². The van der Waals surface area contributed by atoms with Gasteiger partial charge in [0.05, 0.1) is 26.0 Å². The summed E-state index contributed by atoms with van der Waals surface area (Å²) in [5.41, 5.74) is 2.89. The molecule has 0 saturated heterocycles. The van der Waals surface area contributed by atoms with Crippen LogP contribution in [0.15, 0.2) is 47.6 Å². The first-order valence-corrected chi connectivity index (χ1v) is 12.5. The highest BCUT2D eigenvalue weighted by Crippen LogP contribution is 2.30. The highest BCUT2D eigenvalue weighted by Gasteiger charge is 2.22. The maximum atomic E-state index is 12.8. The van der Waals surface area contributed by atoms with Crippen molar-refractivity contribution in [3.05, 3.63) is 53.6 Å². The molecule has 1 aliphatic rings. The number of carbonyl (C=O) groups is 2. The lowest BCUT2D eigenvalue weighted by Gasteiger charge is -2.24. The number of carbonyl (C=O) groups excluding carboxylic acids is 2. The van der Waals surface area contributed by atoms with Gasteiger partial charge in [0.1, 0.15) is 0 Å². The van der Waals surface area contributed by atoms with E-state index in [2.05, 4.69) is 29.2 Å². The summed E-state index contributed by atoms with van der Waals surface area (Å²) in [7, 11) is 1.48. The maximum Gasteiger partial charge on any atom is 0.411 e. The van der Waals surface area contributed by atoms with Crippen molar-refractivity contribution in [2.75, 3.05) is 45.5 Å². The number of ether oxygens (including phenoxy) is 3. The van der Waals surface area contributed by atoms with Gasteiger partial charge in [0.25, 0.3) is 0 Å². The summed E-state index contributed by atoms with van der Waals surface area (Å²) < 4.78 is 28.2. The molecule has 0 unspecified atom stereocenters. The third kappa shape index (κ3) is 8.18. The number of methoxy groups -OCH3 is 1. The molecule has 0 aliphatic carbocycles. The average Bonchev–Trinajstić information content (AvgIpc) is 2.91. The molecule has 0 spiro atoms. The SMILES string of the molecule is CCN(CC)CCCOC(=O)Nc1ccc(CN2N=C(c3ccc(OC)c(OCF)c3)CCC2=O)cc1. The van der Waals surface area contributed by atoms with Crippen LogP contribution < -0.4 is 14.8 Å². The number of hydrogen-bond acceptors (Lipinski definition) is 7. The zero-order valence-electron chi connectivity index (χ0n) is 21.7. The van der Waals surface area contributed by atoms with Gasteiger partial charge in [-0.2, -0.15) is 5.10 Å². The van der Waals surface area contributed by atoms with Crippen LogP contribution in [0.4, 0.5) is 14.9 Å². The van der Waals surface area contributed by atoms with Gasteiger partial charge in [-0.25, -0.2) is 14.2 Å². The van der Waals surface area contributed by atoms with E-state index >= 15 is 0 Å². The van der Waals surface area contributed by atoms with Crippen molar-refractivity contribution < 1.29 is 28.2 Å². The summed E-state index contributed by atoms with van der Waals surface area (Å²) in [4.78, 5) is 26.8. The summed E-state index contributed by atoms with van der Waals surface area (Å²) >= 11 is 0. The fourth-order valence-corrected chi connectivity index (χ4v) is 3.97. The van der Waals surface area contributed by atoms with Gasteiger partial charge in [0, 0.05) is 30.6 Å². The normalized spacial score (nSPS) is 13.4. The highest BCUT2D eigenvalue weighted by molar-refractivity contribution is 6.04. The van der Waals surface area contributed by atoms with E-state index in [1.54, 1.807) is 30.3 Å². The van der Waals surface area contributed by atoms with E-state index in [0.29, 0.717) is 36.6 Å². The molecule has 0 radical (unpaired) electrons. The quantitative estimate of drug-likeness (QED) is 0.386. The zero-order valence-corrected chi connectivity index (χ0v) is 21.7. The minimum atomic E-state index is -0.976. The molecule has 200 valence electrons. The summed E-state index contributed by atoms with van der Waals surface area (Å²) in [5, 5.41) is 8.68. The molecule has 0 atom stereocenters. The molecule has 9 nitrogen and oxygen atoms in total. The minimum Gasteiger partial charge on any atom is -0.493 e. The van der Waals surface area contributed by atoms with Gasteiger partial charge in [-0.15, -0.1) is 0 Å². The van der Waals surface area contributed by atoms with E-state index in [-0.39, 0.29) is 18.2 Å². The molecule has 0 bridgehead atoms. The predicted molar refractivity (Wildman–Crippen MR) is 140 cm³/mol. The van der Waals surface area contributed by atoms with Crippen LogP contribution in [0.1, 0.15) is 44.2 Å². The van der Waals surface area contributed by atoms with Crippen LogP contribution in [0.3, 0.4) is 0 Å². The lowest BCUT2D eigenvalue weighted by molar-refractivity contribution is -0.132. The van der Waals surface area contributed by atoms with E-state index in [0.717, 1.165) is 37.2 Å². The topological polar surface area (TPSA) is 92.7 Å². The van der Waals surface area contributed by atoms with Crippen LogP contribution in [-0.2, 0) is 16.1 Å². The van der Waals surface area contributed by atoms with Crippen molar-refractivity contribution in [3.8, 4) is 11.5 Å². The molecule has 10 heteroatoms. The van der Waals surface area contributed by atoms with Crippen LogP contribution in [0.5, 0.6) is 11.5 Å². The predicted octanol–water partition coefficient (Wildman–Crippen LogP) is 4.81. The Morgan fingerprint density at radius 2 is 1.86 bits per heavy atom. The molecule has 3 rings (SSSR count). The first-order chi connectivity index (χ1) is 18.0. The van der Waals surface area contributed by atoms with Crippen LogP contribution >= 0.6 is 0 Å². The molecular formula is C27H35FN4O5. The van der Waals surface area contributed by atoms with Crippen molar-refractivity contribution >= 4 is 23.4 Å². The Kier molecular flexibility index (Phi) is 10.7. The molecule has 0 saturated carbocycles. The Morgan fingerprint density at radius 3 is 2.54 bits per heavy atom.